The highest BCUT2D eigenvalue weighted by Crippen LogP contribution is 2.26. The van der Waals surface area contributed by atoms with Crippen molar-refractivity contribution >= 4 is 29.2 Å². The third kappa shape index (κ3) is 3.34. The van der Waals surface area contributed by atoms with Gasteiger partial charge >= 0.3 is 12.0 Å². The van der Waals surface area contributed by atoms with Crippen molar-refractivity contribution in [3.8, 4) is 10.6 Å². The molecule has 8 nitrogen and oxygen atoms in total. The highest BCUT2D eigenvalue weighted by Gasteiger charge is 2.49. The van der Waals surface area contributed by atoms with Gasteiger partial charge in [-0.05, 0) is 24.3 Å². The molecular weight excluding hydrogens is 358 g/mol. The average molecular weight is 377 g/mol. The maximum atomic E-state index is 12.5. The predicted octanol–water partition coefficient (Wildman–Crippen LogP) is 2.56. The van der Waals surface area contributed by atoms with Crippen LogP contribution < -0.4 is 5.32 Å². The Hall–Kier alpha value is -2.68. The van der Waals surface area contributed by atoms with Crippen LogP contribution in [0.5, 0.6) is 0 Å². The number of carbonyl (C=O) groups excluding carboxylic acids is 3. The zero-order chi connectivity index (χ0) is 18.7. The molecule has 0 spiro atoms. The number of urea groups is 1. The molecule has 1 saturated heterocycles. The van der Waals surface area contributed by atoms with Crippen molar-refractivity contribution in [1.82, 2.24) is 15.4 Å². The van der Waals surface area contributed by atoms with Crippen molar-refractivity contribution < 1.29 is 23.6 Å². The van der Waals surface area contributed by atoms with E-state index in [0.717, 1.165) is 9.78 Å². The SMILES string of the molecule is CCC1(CC)NC(=O)N(CC(=O)OCc2cc(-c3cccs3)on2)C1=O. The van der Waals surface area contributed by atoms with E-state index in [9.17, 15) is 14.4 Å². The van der Waals surface area contributed by atoms with E-state index >= 15 is 0 Å². The normalized spacial score (nSPS) is 16.0. The Bertz CT molecular complexity index is 810. The van der Waals surface area contributed by atoms with Crippen molar-refractivity contribution in [2.24, 2.45) is 0 Å². The van der Waals surface area contributed by atoms with E-state index < -0.39 is 30.0 Å². The topological polar surface area (TPSA) is 102 Å². The van der Waals surface area contributed by atoms with Gasteiger partial charge in [0.05, 0.1) is 4.88 Å². The maximum absolute atomic E-state index is 12.5. The zero-order valence-corrected chi connectivity index (χ0v) is 15.3. The molecule has 1 aliphatic heterocycles. The maximum Gasteiger partial charge on any atom is 0.326 e. The summed E-state index contributed by atoms with van der Waals surface area (Å²) in [5, 5.41) is 8.44. The number of ether oxygens (including phenoxy) is 1. The van der Waals surface area contributed by atoms with E-state index in [0.29, 0.717) is 24.3 Å². The number of amides is 3. The van der Waals surface area contributed by atoms with Gasteiger partial charge in [-0.1, -0.05) is 25.1 Å². The van der Waals surface area contributed by atoms with E-state index in [1.807, 2.05) is 31.4 Å². The summed E-state index contributed by atoms with van der Waals surface area (Å²) in [5.74, 6) is -0.487. The first-order chi connectivity index (χ1) is 12.5. The summed E-state index contributed by atoms with van der Waals surface area (Å²) < 4.78 is 10.3. The molecule has 3 rings (SSSR count). The van der Waals surface area contributed by atoms with E-state index in [1.54, 1.807) is 6.07 Å². The Kier molecular flexibility index (Phi) is 5.08. The summed E-state index contributed by atoms with van der Waals surface area (Å²) in [6.07, 6.45) is 0.925. The van der Waals surface area contributed by atoms with Crippen LogP contribution in [0.25, 0.3) is 10.6 Å². The Balaban J connectivity index is 1.56. The molecule has 2 aromatic rings. The smallest absolute Gasteiger partial charge is 0.326 e. The summed E-state index contributed by atoms with van der Waals surface area (Å²) in [7, 11) is 0. The molecule has 0 aromatic carbocycles. The molecule has 26 heavy (non-hydrogen) atoms. The zero-order valence-electron chi connectivity index (χ0n) is 14.5. The monoisotopic (exact) mass is 377 g/mol. The standard InChI is InChI=1S/C17H19N3O5S/c1-3-17(4-2)15(22)20(16(23)18-17)9-14(21)24-10-11-8-12(25-19-11)13-6-5-7-26-13/h5-8H,3-4,9-10H2,1-2H3,(H,18,23). The highest BCUT2D eigenvalue weighted by atomic mass is 32.1. The van der Waals surface area contributed by atoms with Gasteiger partial charge in [0.2, 0.25) is 0 Å². The van der Waals surface area contributed by atoms with Crippen LogP contribution in [0.1, 0.15) is 32.4 Å². The van der Waals surface area contributed by atoms with Gasteiger partial charge < -0.3 is 14.6 Å². The largest absolute Gasteiger partial charge is 0.458 e. The minimum Gasteiger partial charge on any atom is -0.458 e. The van der Waals surface area contributed by atoms with Gasteiger partial charge in [0.15, 0.2) is 5.76 Å². The molecule has 1 N–H and O–H groups in total. The van der Waals surface area contributed by atoms with Crippen molar-refractivity contribution in [2.45, 2.75) is 38.8 Å². The number of hydrogen-bond donors (Lipinski definition) is 1. The number of rotatable bonds is 7. The molecule has 0 aliphatic carbocycles. The number of nitrogens with one attached hydrogen (secondary N) is 1. The molecule has 3 heterocycles. The van der Waals surface area contributed by atoms with E-state index in [4.69, 9.17) is 9.26 Å². The van der Waals surface area contributed by atoms with Gasteiger partial charge in [0, 0.05) is 6.07 Å². The van der Waals surface area contributed by atoms with Gasteiger partial charge in [-0.2, -0.15) is 0 Å². The fraction of sp³-hybridized carbons (Fsp3) is 0.412. The summed E-state index contributed by atoms with van der Waals surface area (Å²) >= 11 is 1.51. The van der Waals surface area contributed by atoms with Crippen LogP contribution in [-0.4, -0.2) is 40.0 Å². The Morgan fingerprint density at radius 1 is 1.38 bits per heavy atom. The molecule has 0 bridgehead atoms. The second kappa shape index (κ2) is 7.28. The Labute approximate surface area is 154 Å². The minimum atomic E-state index is -0.931. The van der Waals surface area contributed by atoms with Crippen LogP contribution in [0.2, 0.25) is 0 Å². The van der Waals surface area contributed by atoms with E-state index in [2.05, 4.69) is 10.5 Å². The Morgan fingerprint density at radius 2 is 2.15 bits per heavy atom. The number of thiophene rings is 1. The first kappa shape index (κ1) is 18.1. The molecular formula is C17H19N3O5S. The second-order valence-corrected chi connectivity index (χ2v) is 6.88. The predicted molar refractivity (Wildman–Crippen MR) is 93.2 cm³/mol. The number of hydrogen-bond acceptors (Lipinski definition) is 7. The van der Waals surface area contributed by atoms with Crippen molar-refractivity contribution in [1.29, 1.82) is 0 Å². The van der Waals surface area contributed by atoms with Gasteiger partial charge in [-0.25, -0.2) is 4.79 Å². The highest BCUT2D eigenvalue weighted by molar-refractivity contribution is 7.13. The number of imide groups is 1. The van der Waals surface area contributed by atoms with Crippen LogP contribution >= 0.6 is 11.3 Å². The van der Waals surface area contributed by atoms with Crippen molar-refractivity contribution in [3.63, 3.8) is 0 Å². The van der Waals surface area contributed by atoms with E-state index in [1.165, 1.54) is 11.3 Å². The number of nitrogens with zero attached hydrogens (tertiary/aromatic N) is 2. The number of aromatic nitrogens is 1. The quantitative estimate of drug-likeness (QED) is 0.588. The molecule has 3 amide bonds. The average Bonchev–Trinajstić information content (AvgIpc) is 3.36. The van der Waals surface area contributed by atoms with Crippen LogP contribution in [0, 0.1) is 0 Å². The molecule has 0 radical (unpaired) electrons. The number of carbonyl (C=O) groups is 3. The van der Waals surface area contributed by atoms with Crippen LogP contribution in [-0.2, 0) is 20.9 Å². The summed E-state index contributed by atoms with van der Waals surface area (Å²) in [5.41, 5.74) is -0.477. The van der Waals surface area contributed by atoms with Gasteiger partial charge in [-0.15, -0.1) is 11.3 Å². The molecule has 0 saturated carbocycles. The molecule has 0 atom stereocenters. The summed E-state index contributed by atoms with van der Waals surface area (Å²) in [6, 6.07) is 4.91. The second-order valence-electron chi connectivity index (χ2n) is 5.93. The molecule has 1 fully saturated rings. The lowest BCUT2D eigenvalue weighted by molar-refractivity contribution is -0.149. The molecule has 1 aliphatic rings. The molecule has 138 valence electrons. The third-order valence-electron chi connectivity index (χ3n) is 4.44. The van der Waals surface area contributed by atoms with Gasteiger partial charge in [0.1, 0.15) is 24.4 Å². The van der Waals surface area contributed by atoms with Crippen LogP contribution in [0.15, 0.2) is 28.1 Å². The number of esters is 1. The molecule has 9 heteroatoms. The first-order valence-electron chi connectivity index (χ1n) is 8.28. The first-order valence-corrected chi connectivity index (χ1v) is 9.16. The summed E-state index contributed by atoms with van der Waals surface area (Å²) in [6.45, 7) is 3.12. The molecule has 2 aromatic heterocycles. The van der Waals surface area contributed by atoms with Crippen molar-refractivity contribution in [2.75, 3.05) is 6.54 Å². The fourth-order valence-corrected chi connectivity index (χ4v) is 3.47. The fourth-order valence-electron chi connectivity index (χ4n) is 2.79. The lowest BCUT2D eigenvalue weighted by Gasteiger charge is -2.22. The van der Waals surface area contributed by atoms with Crippen LogP contribution in [0.4, 0.5) is 4.79 Å². The van der Waals surface area contributed by atoms with Gasteiger partial charge in [-0.3, -0.25) is 14.5 Å². The molecule has 0 unspecified atom stereocenters. The van der Waals surface area contributed by atoms with Crippen LogP contribution in [0.3, 0.4) is 0 Å². The minimum absolute atomic E-state index is 0.0932. The summed E-state index contributed by atoms with van der Waals surface area (Å²) in [4.78, 5) is 38.3. The lowest BCUT2D eigenvalue weighted by atomic mass is 9.93. The third-order valence-corrected chi connectivity index (χ3v) is 5.33. The van der Waals surface area contributed by atoms with Crippen molar-refractivity contribution in [3.05, 3.63) is 29.3 Å². The Morgan fingerprint density at radius 3 is 2.77 bits per heavy atom. The lowest BCUT2D eigenvalue weighted by Crippen LogP contribution is -2.46. The van der Waals surface area contributed by atoms with Gasteiger partial charge in [0.25, 0.3) is 5.91 Å². The van der Waals surface area contributed by atoms with E-state index in [-0.39, 0.29) is 6.61 Å².